The predicted octanol–water partition coefficient (Wildman–Crippen LogP) is 1.22. The van der Waals surface area contributed by atoms with Crippen molar-refractivity contribution < 1.29 is 21.4 Å². The zero-order valence-corrected chi connectivity index (χ0v) is 11.7. The summed E-state index contributed by atoms with van der Waals surface area (Å²) in [4.78, 5) is 0. The molecule has 4 bridgehead atoms. The Morgan fingerprint density at radius 3 is 1.61 bits per heavy atom. The molecule has 0 amide bonds. The van der Waals surface area contributed by atoms with Gasteiger partial charge in [-0.1, -0.05) is 0 Å². The van der Waals surface area contributed by atoms with Crippen LogP contribution in [0.5, 0.6) is 0 Å². The van der Waals surface area contributed by atoms with Crippen molar-refractivity contribution in [2.45, 2.75) is 43.3 Å². The molecule has 0 atom stereocenters. The van der Waals surface area contributed by atoms with Crippen LogP contribution in [0.3, 0.4) is 0 Å². The lowest BCUT2D eigenvalue weighted by Gasteiger charge is -2.55. The molecule has 0 unspecified atom stereocenters. The summed E-state index contributed by atoms with van der Waals surface area (Å²) in [6, 6.07) is 0. The summed E-state index contributed by atoms with van der Waals surface area (Å²) in [6.45, 7) is 0. The Balaban J connectivity index is 1.96. The molecule has 18 heavy (non-hydrogen) atoms. The van der Waals surface area contributed by atoms with E-state index in [4.69, 9.17) is 4.55 Å². The van der Waals surface area contributed by atoms with Gasteiger partial charge in [0.1, 0.15) is 0 Å². The maximum Gasteiger partial charge on any atom is 0.279 e. The van der Waals surface area contributed by atoms with Crippen molar-refractivity contribution in [1.29, 1.82) is 0 Å². The van der Waals surface area contributed by atoms with Crippen molar-refractivity contribution in [3.05, 3.63) is 0 Å². The van der Waals surface area contributed by atoms with Crippen LogP contribution in [-0.4, -0.2) is 31.2 Å². The van der Waals surface area contributed by atoms with E-state index in [2.05, 4.69) is 0 Å². The molecule has 4 rings (SSSR count). The minimum atomic E-state index is -4.46. The average Bonchev–Trinajstić information content (AvgIpc) is 2.10. The highest BCUT2D eigenvalue weighted by atomic mass is 32.3. The zero-order chi connectivity index (χ0) is 13.2. The molecule has 4 fully saturated rings. The Labute approximate surface area is 108 Å². The van der Waals surface area contributed by atoms with Crippen molar-refractivity contribution in [3.63, 3.8) is 0 Å². The van der Waals surface area contributed by atoms with Crippen LogP contribution in [0, 0.1) is 17.8 Å². The molecular formula is C11H18O5S2. The molecule has 7 heteroatoms. The van der Waals surface area contributed by atoms with Gasteiger partial charge in [0.15, 0.2) is 14.9 Å². The van der Waals surface area contributed by atoms with Gasteiger partial charge in [0.25, 0.3) is 10.1 Å². The Hall–Kier alpha value is -0.140. The lowest BCUT2D eigenvalue weighted by Crippen LogP contribution is -2.55. The normalized spacial score (nSPS) is 43.3. The van der Waals surface area contributed by atoms with Gasteiger partial charge >= 0.3 is 0 Å². The van der Waals surface area contributed by atoms with Crippen molar-refractivity contribution in [2.24, 2.45) is 17.8 Å². The van der Waals surface area contributed by atoms with Crippen LogP contribution in [-0.2, 0) is 20.0 Å². The molecule has 0 heterocycles. The van der Waals surface area contributed by atoms with Gasteiger partial charge in [-0.05, 0) is 56.3 Å². The van der Waals surface area contributed by atoms with Gasteiger partial charge in [-0.2, -0.15) is 8.42 Å². The monoisotopic (exact) mass is 294 g/mol. The van der Waals surface area contributed by atoms with E-state index in [-0.39, 0.29) is 0 Å². The molecule has 0 spiro atoms. The van der Waals surface area contributed by atoms with Crippen LogP contribution in [0.4, 0.5) is 0 Å². The van der Waals surface area contributed by atoms with E-state index in [0.717, 1.165) is 19.3 Å². The Kier molecular flexibility index (Phi) is 2.65. The third-order valence-corrected chi connectivity index (χ3v) is 9.20. The van der Waals surface area contributed by atoms with Crippen molar-refractivity contribution in [3.8, 4) is 0 Å². The second-order valence-corrected chi connectivity index (χ2v) is 10.6. The number of sulfone groups is 1. The summed E-state index contributed by atoms with van der Waals surface area (Å²) in [6.07, 6.45) is 5.08. The first-order chi connectivity index (χ1) is 8.19. The summed E-state index contributed by atoms with van der Waals surface area (Å²) in [7, 11) is -8.24. The van der Waals surface area contributed by atoms with Crippen molar-refractivity contribution in [1.82, 2.24) is 0 Å². The molecule has 0 aromatic heterocycles. The number of hydrogen-bond acceptors (Lipinski definition) is 4. The molecule has 0 aliphatic heterocycles. The van der Waals surface area contributed by atoms with Gasteiger partial charge in [0.05, 0.1) is 4.75 Å². The van der Waals surface area contributed by atoms with Crippen LogP contribution < -0.4 is 0 Å². The van der Waals surface area contributed by atoms with Gasteiger partial charge in [0, 0.05) is 0 Å². The van der Waals surface area contributed by atoms with Gasteiger partial charge in [0.2, 0.25) is 0 Å². The van der Waals surface area contributed by atoms with E-state index in [9.17, 15) is 16.8 Å². The van der Waals surface area contributed by atoms with Gasteiger partial charge < -0.3 is 0 Å². The Morgan fingerprint density at radius 1 is 0.889 bits per heavy atom. The first kappa shape index (κ1) is 12.9. The minimum absolute atomic E-state index is 0.437. The fraction of sp³-hybridized carbons (Fsp3) is 1.00. The van der Waals surface area contributed by atoms with E-state index in [1.807, 2.05) is 0 Å². The topological polar surface area (TPSA) is 88.5 Å². The van der Waals surface area contributed by atoms with E-state index in [1.165, 1.54) is 0 Å². The Morgan fingerprint density at radius 2 is 1.28 bits per heavy atom. The third-order valence-electron chi connectivity index (χ3n) is 4.95. The van der Waals surface area contributed by atoms with Crippen molar-refractivity contribution in [2.75, 3.05) is 5.08 Å². The lowest BCUT2D eigenvalue weighted by molar-refractivity contribution is 0.0340. The first-order valence-corrected chi connectivity index (χ1v) is 9.63. The quantitative estimate of drug-likeness (QED) is 0.790. The number of hydrogen-bond donors (Lipinski definition) is 1. The molecule has 104 valence electrons. The second-order valence-electron chi connectivity index (χ2n) is 6.42. The summed E-state index contributed by atoms with van der Waals surface area (Å²) in [5.41, 5.74) is 0. The van der Waals surface area contributed by atoms with Crippen LogP contribution in [0.2, 0.25) is 0 Å². The summed E-state index contributed by atoms with van der Waals surface area (Å²) in [5, 5.41) is -1.10. The largest absolute Gasteiger partial charge is 0.285 e. The summed E-state index contributed by atoms with van der Waals surface area (Å²) in [5.74, 6) is 1.31. The molecule has 0 radical (unpaired) electrons. The summed E-state index contributed by atoms with van der Waals surface area (Å²) < 4.78 is 54.5. The van der Waals surface area contributed by atoms with E-state index >= 15 is 0 Å². The molecule has 1 N–H and O–H groups in total. The first-order valence-electron chi connectivity index (χ1n) is 6.37. The van der Waals surface area contributed by atoms with Crippen LogP contribution in [0.15, 0.2) is 0 Å². The van der Waals surface area contributed by atoms with Gasteiger partial charge in [-0.15, -0.1) is 0 Å². The Bertz CT molecular complexity index is 525. The fourth-order valence-corrected chi connectivity index (χ4v) is 8.77. The molecule has 5 nitrogen and oxygen atoms in total. The number of rotatable bonds is 3. The zero-order valence-electron chi connectivity index (χ0n) is 10.1. The average molecular weight is 294 g/mol. The molecule has 0 aromatic carbocycles. The van der Waals surface area contributed by atoms with E-state index < -0.39 is 29.8 Å². The van der Waals surface area contributed by atoms with Crippen molar-refractivity contribution >= 4 is 20.0 Å². The maximum atomic E-state index is 12.4. The standard InChI is InChI=1S/C11H18O5S2/c12-17(13,7-18(14,15)16)11-4-8-1-9(5-11)3-10(2-8)6-11/h8-10H,1-7H2,(H,14,15,16). The molecule has 0 saturated heterocycles. The van der Waals surface area contributed by atoms with Crippen LogP contribution >= 0.6 is 0 Å². The molecule has 0 aromatic rings. The predicted molar refractivity (Wildman–Crippen MR) is 66.2 cm³/mol. The molecule has 4 aliphatic rings. The lowest BCUT2D eigenvalue weighted by atomic mass is 9.56. The van der Waals surface area contributed by atoms with Gasteiger partial charge in [-0.3, -0.25) is 4.55 Å². The molecule has 4 aliphatic carbocycles. The smallest absolute Gasteiger partial charge is 0.279 e. The minimum Gasteiger partial charge on any atom is -0.285 e. The second kappa shape index (κ2) is 3.70. The highest BCUT2D eigenvalue weighted by Gasteiger charge is 2.57. The highest BCUT2D eigenvalue weighted by Crippen LogP contribution is 2.58. The SMILES string of the molecule is O=S(=O)(O)CS(=O)(=O)C12CC3CC(CC(C3)C1)C2. The highest BCUT2D eigenvalue weighted by molar-refractivity contribution is 8.06. The summed E-state index contributed by atoms with van der Waals surface area (Å²) >= 11 is 0. The van der Waals surface area contributed by atoms with Crippen LogP contribution in [0.1, 0.15) is 38.5 Å². The third kappa shape index (κ3) is 2.00. The van der Waals surface area contributed by atoms with E-state index in [0.29, 0.717) is 37.0 Å². The molecule has 4 saturated carbocycles. The fourth-order valence-electron chi connectivity index (χ4n) is 4.73. The maximum absolute atomic E-state index is 12.4. The molecular weight excluding hydrogens is 276 g/mol. The van der Waals surface area contributed by atoms with Crippen LogP contribution in [0.25, 0.3) is 0 Å². The van der Waals surface area contributed by atoms with E-state index in [1.54, 1.807) is 0 Å². The van der Waals surface area contributed by atoms with Gasteiger partial charge in [-0.25, -0.2) is 8.42 Å².